The van der Waals surface area contributed by atoms with Gasteiger partial charge >= 0.3 is 0 Å². The van der Waals surface area contributed by atoms with Gasteiger partial charge in [-0.05, 0) is 44.2 Å². The van der Waals surface area contributed by atoms with Crippen molar-refractivity contribution < 1.29 is 19.3 Å². The Morgan fingerprint density at radius 3 is 2.84 bits per heavy atom. The van der Waals surface area contributed by atoms with Gasteiger partial charge in [-0.25, -0.2) is 0 Å². The van der Waals surface area contributed by atoms with E-state index in [2.05, 4.69) is 40.8 Å². The largest absolute Gasteiger partial charge is 0.454 e. The van der Waals surface area contributed by atoms with Gasteiger partial charge in [0.05, 0.1) is 11.8 Å². The van der Waals surface area contributed by atoms with Crippen LogP contribution in [0.5, 0.6) is 11.5 Å². The Kier molecular flexibility index (Phi) is 4.42. The summed E-state index contributed by atoms with van der Waals surface area (Å²) in [5, 5.41) is 10.2. The van der Waals surface area contributed by atoms with Crippen molar-refractivity contribution in [2.24, 2.45) is 11.8 Å². The fraction of sp³-hybridized carbons (Fsp3) is 0.542. The third-order valence-corrected chi connectivity index (χ3v) is 7.54. The van der Waals surface area contributed by atoms with Crippen molar-refractivity contribution in [3.8, 4) is 22.8 Å². The number of morpholine rings is 1. The lowest BCUT2D eigenvalue weighted by Gasteiger charge is -2.42. The number of aromatic nitrogens is 1. The highest BCUT2D eigenvalue weighted by molar-refractivity contribution is 5.68. The van der Waals surface area contributed by atoms with Gasteiger partial charge in [-0.1, -0.05) is 0 Å². The van der Waals surface area contributed by atoms with Crippen LogP contribution in [0.3, 0.4) is 0 Å². The molecule has 3 saturated heterocycles. The molecule has 4 atom stereocenters. The number of benzene rings is 1. The van der Waals surface area contributed by atoms with Crippen LogP contribution in [-0.4, -0.2) is 72.3 Å². The molecule has 0 saturated carbocycles. The maximum Gasteiger partial charge on any atom is 0.231 e. The molecule has 2 aromatic rings. The topological polar surface area (TPSA) is 67.3 Å². The molecule has 1 N–H and O–H groups in total. The summed E-state index contributed by atoms with van der Waals surface area (Å²) in [5.41, 5.74) is 2.86. The van der Waals surface area contributed by atoms with E-state index in [9.17, 15) is 5.11 Å². The Bertz CT molecular complexity index is 999. The van der Waals surface area contributed by atoms with E-state index in [-0.39, 0.29) is 31.0 Å². The first kappa shape index (κ1) is 19.3. The normalized spacial score (nSPS) is 31.5. The predicted molar refractivity (Wildman–Crippen MR) is 116 cm³/mol. The Labute approximate surface area is 182 Å². The lowest BCUT2D eigenvalue weighted by molar-refractivity contribution is -0.117. The Hall–Kier alpha value is -2.35. The first-order valence-corrected chi connectivity index (χ1v) is 11.2. The fourth-order valence-electron chi connectivity index (χ4n) is 5.89. The minimum atomic E-state index is -0.206. The summed E-state index contributed by atoms with van der Waals surface area (Å²) in [6.07, 6.45) is 2.00. The number of likely N-dealkylation sites (tertiary alicyclic amines) is 1. The summed E-state index contributed by atoms with van der Waals surface area (Å²) >= 11 is 0. The number of aliphatic hydroxyl groups is 1. The van der Waals surface area contributed by atoms with E-state index in [1.165, 1.54) is 0 Å². The summed E-state index contributed by atoms with van der Waals surface area (Å²) in [5.74, 6) is 2.08. The van der Waals surface area contributed by atoms with Gasteiger partial charge in [0.1, 0.15) is 5.60 Å². The molecule has 1 aromatic heterocycles. The number of nitrogens with zero attached hydrogens (tertiary/aromatic N) is 3. The molecule has 0 aliphatic carbocycles. The number of anilines is 1. The van der Waals surface area contributed by atoms with Gasteiger partial charge in [-0.3, -0.25) is 9.88 Å². The second-order valence-electron chi connectivity index (χ2n) is 9.55. The molecule has 0 radical (unpaired) electrons. The fourth-order valence-corrected chi connectivity index (χ4v) is 5.89. The number of pyridine rings is 1. The Balaban J connectivity index is 1.29. The molecule has 2 bridgehead atoms. The molecule has 0 amide bonds. The van der Waals surface area contributed by atoms with E-state index >= 15 is 0 Å². The minimum Gasteiger partial charge on any atom is -0.454 e. The zero-order valence-corrected chi connectivity index (χ0v) is 18.0. The summed E-state index contributed by atoms with van der Waals surface area (Å²) in [6, 6.07) is 10.6. The van der Waals surface area contributed by atoms with Gasteiger partial charge in [0, 0.05) is 68.1 Å². The van der Waals surface area contributed by atoms with E-state index < -0.39 is 0 Å². The number of hydrogen-bond donors (Lipinski definition) is 1. The van der Waals surface area contributed by atoms with Crippen molar-refractivity contribution >= 4 is 5.69 Å². The average Bonchev–Trinajstić information content (AvgIpc) is 3.43. The molecule has 0 unspecified atom stereocenters. The van der Waals surface area contributed by atoms with Gasteiger partial charge in [0.25, 0.3) is 0 Å². The highest BCUT2D eigenvalue weighted by Gasteiger charge is 2.62. The van der Waals surface area contributed by atoms with Crippen LogP contribution in [0.1, 0.15) is 13.8 Å². The van der Waals surface area contributed by atoms with Gasteiger partial charge < -0.3 is 24.2 Å². The number of fused-ring (bicyclic) bond motifs is 2. The zero-order chi connectivity index (χ0) is 21.2. The standard InChI is InChI=1S/C24H29N3O4/c1-15(2)26-10-23-18(11-28)19-9-27(13-24(19,12-26)31-23)17-5-6-25-20(8-17)16-3-4-21-22(7-16)30-14-29-21/h3-8,15,18-19,23,28H,9-14H2,1-2H3/t18-,19+,23+,24+/m0/s1. The maximum atomic E-state index is 10.2. The van der Waals surface area contributed by atoms with Crippen LogP contribution >= 0.6 is 0 Å². The molecular formula is C24H29N3O4. The highest BCUT2D eigenvalue weighted by Crippen LogP contribution is 2.50. The smallest absolute Gasteiger partial charge is 0.231 e. The van der Waals surface area contributed by atoms with E-state index in [0.29, 0.717) is 12.0 Å². The van der Waals surface area contributed by atoms with Crippen molar-refractivity contribution in [1.29, 1.82) is 0 Å². The van der Waals surface area contributed by atoms with E-state index in [4.69, 9.17) is 14.2 Å². The lowest BCUT2D eigenvalue weighted by Crippen LogP contribution is -2.55. The number of rotatable bonds is 4. The monoisotopic (exact) mass is 423 g/mol. The van der Waals surface area contributed by atoms with Gasteiger partial charge in [0.2, 0.25) is 6.79 Å². The highest BCUT2D eigenvalue weighted by atomic mass is 16.7. The summed E-state index contributed by atoms with van der Waals surface area (Å²) in [4.78, 5) is 9.53. The van der Waals surface area contributed by atoms with Crippen molar-refractivity contribution in [2.75, 3.05) is 44.5 Å². The molecule has 31 heavy (non-hydrogen) atoms. The van der Waals surface area contributed by atoms with Crippen molar-refractivity contribution in [2.45, 2.75) is 31.6 Å². The average molecular weight is 424 g/mol. The molecule has 1 aromatic carbocycles. The van der Waals surface area contributed by atoms with Crippen LogP contribution in [-0.2, 0) is 4.74 Å². The molecule has 1 spiro atoms. The van der Waals surface area contributed by atoms with Crippen LogP contribution in [0.25, 0.3) is 11.3 Å². The number of hydrogen-bond acceptors (Lipinski definition) is 7. The summed E-state index contributed by atoms with van der Waals surface area (Å²) in [7, 11) is 0. The Morgan fingerprint density at radius 2 is 2.00 bits per heavy atom. The van der Waals surface area contributed by atoms with Gasteiger partial charge in [-0.2, -0.15) is 0 Å². The van der Waals surface area contributed by atoms with Gasteiger partial charge in [-0.15, -0.1) is 0 Å². The van der Waals surface area contributed by atoms with E-state index in [1.807, 2.05) is 24.4 Å². The predicted octanol–water partition coefficient (Wildman–Crippen LogP) is 2.38. The van der Waals surface area contributed by atoms with E-state index in [0.717, 1.165) is 54.6 Å². The molecule has 4 aliphatic rings. The molecule has 7 heteroatoms. The van der Waals surface area contributed by atoms with Crippen LogP contribution in [0.15, 0.2) is 36.5 Å². The molecule has 3 fully saturated rings. The third kappa shape index (κ3) is 3.02. The molecule has 6 rings (SSSR count). The van der Waals surface area contributed by atoms with Crippen LogP contribution in [0, 0.1) is 11.8 Å². The lowest BCUT2D eigenvalue weighted by atomic mass is 9.83. The second-order valence-corrected chi connectivity index (χ2v) is 9.55. The first-order valence-electron chi connectivity index (χ1n) is 11.2. The van der Waals surface area contributed by atoms with Crippen molar-refractivity contribution in [3.05, 3.63) is 36.5 Å². The van der Waals surface area contributed by atoms with Gasteiger partial charge in [0.15, 0.2) is 11.5 Å². The minimum absolute atomic E-state index is 0.134. The SMILES string of the molecule is CC(C)N1C[C@H]2O[C@@]3(CN(c4ccnc(-c5ccc6c(c5)OCO6)c4)C[C@@H]3[C@@H]2CO)C1. The first-order chi connectivity index (χ1) is 15.1. The number of ether oxygens (including phenoxy) is 3. The molecular weight excluding hydrogens is 394 g/mol. The van der Waals surface area contributed by atoms with Crippen LogP contribution in [0.2, 0.25) is 0 Å². The second kappa shape index (κ2) is 7.08. The van der Waals surface area contributed by atoms with Crippen molar-refractivity contribution in [3.63, 3.8) is 0 Å². The van der Waals surface area contributed by atoms with Crippen LogP contribution < -0.4 is 14.4 Å². The Morgan fingerprint density at radius 1 is 1.13 bits per heavy atom. The molecule has 164 valence electrons. The van der Waals surface area contributed by atoms with Crippen molar-refractivity contribution in [1.82, 2.24) is 9.88 Å². The molecule has 4 aliphatic heterocycles. The quantitative estimate of drug-likeness (QED) is 0.810. The summed E-state index contributed by atoms with van der Waals surface area (Å²) in [6.45, 7) is 8.55. The number of aliphatic hydroxyl groups excluding tert-OH is 1. The van der Waals surface area contributed by atoms with Crippen LogP contribution in [0.4, 0.5) is 5.69 Å². The third-order valence-electron chi connectivity index (χ3n) is 7.54. The molecule has 7 nitrogen and oxygen atoms in total. The molecule has 5 heterocycles. The summed E-state index contributed by atoms with van der Waals surface area (Å²) < 4.78 is 17.6. The maximum absolute atomic E-state index is 10.2. The van der Waals surface area contributed by atoms with E-state index in [1.54, 1.807) is 0 Å². The zero-order valence-electron chi connectivity index (χ0n) is 18.0.